The Bertz CT molecular complexity index is 435. The number of benzene rings is 1. The van der Waals surface area contributed by atoms with Gasteiger partial charge in [0, 0.05) is 6.42 Å². The molecule has 0 heterocycles. The van der Waals surface area contributed by atoms with Crippen LogP contribution in [0.4, 0.5) is 0 Å². The highest BCUT2D eigenvalue weighted by Crippen LogP contribution is 2.13. The molecule has 1 aromatic rings. The quantitative estimate of drug-likeness (QED) is 0.402. The number of hydrogen-bond acceptors (Lipinski definition) is 2. The molecular formula is C18H28N2O. The van der Waals surface area contributed by atoms with E-state index < -0.39 is 0 Å². The zero-order valence-corrected chi connectivity index (χ0v) is 13.6. The number of amides is 1. The van der Waals surface area contributed by atoms with Crippen LogP contribution in [0, 0.1) is 0 Å². The summed E-state index contributed by atoms with van der Waals surface area (Å²) in [6, 6.07) is 8.24. The molecule has 116 valence electrons. The van der Waals surface area contributed by atoms with E-state index in [-0.39, 0.29) is 5.91 Å². The maximum absolute atomic E-state index is 11.6. The zero-order chi connectivity index (χ0) is 15.5. The Hall–Kier alpha value is -1.64. The number of nitrogens with one attached hydrogen (secondary N) is 1. The van der Waals surface area contributed by atoms with Crippen molar-refractivity contribution in [3.63, 3.8) is 0 Å². The Morgan fingerprint density at radius 1 is 1.14 bits per heavy atom. The molecule has 0 atom stereocenters. The number of nitrogens with zero attached hydrogens (tertiary/aromatic N) is 1. The zero-order valence-electron chi connectivity index (χ0n) is 13.6. The van der Waals surface area contributed by atoms with Gasteiger partial charge in [-0.2, -0.15) is 5.10 Å². The van der Waals surface area contributed by atoms with Crippen LogP contribution in [-0.4, -0.2) is 12.1 Å². The van der Waals surface area contributed by atoms with E-state index in [1.807, 2.05) is 12.1 Å². The van der Waals surface area contributed by atoms with Gasteiger partial charge in [0.2, 0.25) is 5.91 Å². The lowest BCUT2D eigenvalue weighted by atomic mass is 10.0. The van der Waals surface area contributed by atoms with Crippen molar-refractivity contribution in [1.82, 2.24) is 5.43 Å². The van der Waals surface area contributed by atoms with Crippen LogP contribution >= 0.6 is 0 Å². The van der Waals surface area contributed by atoms with E-state index >= 15 is 0 Å². The summed E-state index contributed by atoms with van der Waals surface area (Å²) >= 11 is 0. The molecule has 1 amide bonds. The van der Waals surface area contributed by atoms with Crippen LogP contribution in [0.25, 0.3) is 0 Å². The molecule has 21 heavy (non-hydrogen) atoms. The number of hydrogen-bond donors (Lipinski definition) is 1. The van der Waals surface area contributed by atoms with Crippen molar-refractivity contribution in [1.29, 1.82) is 0 Å². The summed E-state index contributed by atoms with van der Waals surface area (Å²) in [7, 11) is 0. The van der Waals surface area contributed by atoms with E-state index in [2.05, 4.69) is 43.4 Å². The Balaban J connectivity index is 2.25. The second kappa shape index (κ2) is 10.1. The smallest absolute Gasteiger partial charge is 0.240 e. The van der Waals surface area contributed by atoms with Gasteiger partial charge in [0.1, 0.15) is 0 Å². The lowest BCUT2D eigenvalue weighted by Crippen LogP contribution is -2.16. The van der Waals surface area contributed by atoms with Crippen molar-refractivity contribution in [2.24, 2.45) is 5.10 Å². The lowest BCUT2D eigenvalue weighted by Gasteiger charge is -2.04. The molecule has 0 aliphatic carbocycles. The second-order valence-corrected chi connectivity index (χ2v) is 5.78. The summed E-state index contributed by atoms with van der Waals surface area (Å²) in [6.07, 6.45) is 8.03. The molecule has 0 aromatic heterocycles. The second-order valence-electron chi connectivity index (χ2n) is 5.78. The Morgan fingerprint density at radius 2 is 1.81 bits per heavy atom. The summed E-state index contributed by atoms with van der Waals surface area (Å²) in [5.74, 6) is 0.532. The fraction of sp³-hybridized carbons (Fsp3) is 0.556. The van der Waals surface area contributed by atoms with Gasteiger partial charge in [-0.3, -0.25) is 4.79 Å². The molecule has 0 unspecified atom stereocenters. The maximum Gasteiger partial charge on any atom is 0.240 e. The highest BCUT2D eigenvalue weighted by molar-refractivity contribution is 5.82. The summed E-state index contributed by atoms with van der Waals surface area (Å²) < 4.78 is 0. The first-order valence-electron chi connectivity index (χ1n) is 8.05. The molecule has 1 N–H and O–H groups in total. The normalized spacial score (nSPS) is 11.2. The minimum atomic E-state index is 0.00143. The molecule has 1 aromatic carbocycles. The van der Waals surface area contributed by atoms with Crippen molar-refractivity contribution in [3.05, 3.63) is 35.4 Å². The first-order chi connectivity index (χ1) is 10.1. The third kappa shape index (κ3) is 7.64. The Labute approximate surface area is 128 Å². The third-order valence-electron chi connectivity index (χ3n) is 3.51. The fourth-order valence-corrected chi connectivity index (χ4v) is 2.09. The van der Waals surface area contributed by atoms with Gasteiger partial charge in [-0.05, 0) is 23.5 Å². The Morgan fingerprint density at radius 3 is 2.43 bits per heavy atom. The molecule has 0 saturated heterocycles. The Kier molecular flexibility index (Phi) is 8.41. The van der Waals surface area contributed by atoms with E-state index in [1.165, 1.54) is 24.8 Å². The summed E-state index contributed by atoms with van der Waals surface area (Å²) in [5.41, 5.74) is 4.90. The molecule has 0 aliphatic heterocycles. The predicted octanol–water partition coefficient (Wildman–Crippen LogP) is 4.62. The summed E-state index contributed by atoms with van der Waals surface area (Å²) in [4.78, 5) is 11.6. The van der Waals surface area contributed by atoms with Gasteiger partial charge >= 0.3 is 0 Å². The summed E-state index contributed by atoms with van der Waals surface area (Å²) in [6.45, 7) is 6.53. The van der Waals surface area contributed by atoms with E-state index in [9.17, 15) is 4.79 Å². The van der Waals surface area contributed by atoms with Crippen LogP contribution in [0.15, 0.2) is 29.4 Å². The van der Waals surface area contributed by atoms with Gasteiger partial charge in [0.15, 0.2) is 0 Å². The number of carbonyl (C=O) groups is 1. The third-order valence-corrected chi connectivity index (χ3v) is 3.51. The fourth-order valence-electron chi connectivity index (χ4n) is 2.09. The maximum atomic E-state index is 11.6. The first-order valence-corrected chi connectivity index (χ1v) is 8.05. The molecule has 3 heteroatoms. The SMILES string of the molecule is CCCCCCCC(=O)N/N=C/c1ccc(C(C)C)cc1. The van der Waals surface area contributed by atoms with Crippen molar-refractivity contribution >= 4 is 12.1 Å². The van der Waals surface area contributed by atoms with Crippen molar-refractivity contribution in [2.75, 3.05) is 0 Å². The van der Waals surface area contributed by atoms with Crippen LogP contribution in [0.3, 0.4) is 0 Å². The lowest BCUT2D eigenvalue weighted by molar-refractivity contribution is -0.121. The molecule has 0 fully saturated rings. The average molecular weight is 288 g/mol. The van der Waals surface area contributed by atoms with Crippen LogP contribution in [0.1, 0.15) is 76.3 Å². The minimum absolute atomic E-state index is 0.00143. The minimum Gasteiger partial charge on any atom is -0.273 e. The highest BCUT2D eigenvalue weighted by Gasteiger charge is 1.99. The van der Waals surface area contributed by atoms with Gasteiger partial charge in [0.05, 0.1) is 6.21 Å². The first kappa shape index (κ1) is 17.4. The van der Waals surface area contributed by atoms with Crippen molar-refractivity contribution in [3.8, 4) is 0 Å². The standard InChI is InChI=1S/C18H28N2O/c1-4-5-6-7-8-9-18(21)20-19-14-16-10-12-17(13-11-16)15(2)3/h10-15H,4-9H2,1-3H3,(H,20,21)/b19-14+. The largest absolute Gasteiger partial charge is 0.273 e. The molecule has 0 spiro atoms. The van der Waals surface area contributed by atoms with Gasteiger partial charge in [-0.1, -0.05) is 70.7 Å². The topological polar surface area (TPSA) is 41.5 Å². The molecule has 0 aliphatic rings. The van der Waals surface area contributed by atoms with Crippen LogP contribution < -0.4 is 5.43 Å². The molecule has 0 radical (unpaired) electrons. The van der Waals surface area contributed by atoms with Gasteiger partial charge in [0.25, 0.3) is 0 Å². The van der Waals surface area contributed by atoms with Crippen LogP contribution in [0.5, 0.6) is 0 Å². The predicted molar refractivity (Wildman–Crippen MR) is 89.6 cm³/mol. The van der Waals surface area contributed by atoms with Crippen LogP contribution in [-0.2, 0) is 4.79 Å². The van der Waals surface area contributed by atoms with Gasteiger partial charge < -0.3 is 0 Å². The number of rotatable bonds is 9. The monoisotopic (exact) mass is 288 g/mol. The summed E-state index contributed by atoms with van der Waals surface area (Å²) in [5, 5.41) is 4.01. The molecular weight excluding hydrogens is 260 g/mol. The molecule has 0 saturated carbocycles. The number of carbonyl (C=O) groups excluding carboxylic acids is 1. The van der Waals surface area contributed by atoms with Crippen LogP contribution in [0.2, 0.25) is 0 Å². The number of unbranched alkanes of at least 4 members (excludes halogenated alkanes) is 4. The number of hydrazone groups is 1. The van der Waals surface area contributed by atoms with Gasteiger partial charge in [-0.25, -0.2) is 5.43 Å². The highest BCUT2D eigenvalue weighted by atomic mass is 16.2. The van der Waals surface area contributed by atoms with E-state index in [0.29, 0.717) is 12.3 Å². The molecule has 0 bridgehead atoms. The van der Waals surface area contributed by atoms with E-state index in [1.54, 1.807) is 6.21 Å². The molecule has 3 nitrogen and oxygen atoms in total. The van der Waals surface area contributed by atoms with Gasteiger partial charge in [-0.15, -0.1) is 0 Å². The van der Waals surface area contributed by atoms with Crippen molar-refractivity contribution < 1.29 is 4.79 Å². The van der Waals surface area contributed by atoms with Crippen molar-refractivity contribution in [2.45, 2.75) is 65.2 Å². The van der Waals surface area contributed by atoms with E-state index in [0.717, 1.165) is 18.4 Å². The van der Waals surface area contributed by atoms with E-state index in [4.69, 9.17) is 0 Å². The average Bonchev–Trinajstić information content (AvgIpc) is 2.47. The molecule has 1 rings (SSSR count).